The Morgan fingerprint density at radius 1 is 0.875 bits per heavy atom. The molecule has 6 heteroatoms. The first-order chi connectivity index (χ1) is 11.5. The zero-order valence-corrected chi connectivity index (χ0v) is 12.5. The van der Waals surface area contributed by atoms with Crippen LogP contribution in [0.25, 0.3) is 0 Å². The summed E-state index contributed by atoms with van der Waals surface area (Å²) in [6, 6.07) is 10.2. The lowest BCUT2D eigenvalue weighted by Crippen LogP contribution is -2.51. The van der Waals surface area contributed by atoms with E-state index in [0.29, 0.717) is 5.56 Å². The van der Waals surface area contributed by atoms with Crippen LogP contribution >= 0.6 is 0 Å². The van der Waals surface area contributed by atoms with Crippen LogP contribution in [0.3, 0.4) is 0 Å². The number of rotatable bonds is 4. The molecule has 0 aromatic heterocycles. The van der Waals surface area contributed by atoms with Gasteiger partial charge in [0.1, 0.15) is 0 Å². The number of ketones is 2. The minimum Gasteiger partial charge on any atom is -0.549 e. The molecule has 6 nitrogen and oxygen atoms in total. The highest BCUT2D eigenvalue weighted by atomic mass is 16.4. The normalized spacial score (nSPS) is 13.4. The van der Waals surface area contributed by atoms with E-state index in [0.717, 1.165) is 0 Å². The van der Waals surface area contributed by atoms with Crippen molar-refractivity contribution in [3.63, 3.8) is 0 Å². The zero-order valence-electron chi connectivity index (χ0n) is 12.5. The quantitative estimate of drug-likeness (QED) is 0.664. The van der Waals surface area contributed by atoms with Crippen molar-refractivity contribution < 1.29 is 29.7 Å². The molecule has 1 aliphatic carbocycles. The minimum atomic E-state index is -2.05. The maximum Gasteiger partial charge on any atom is 0.194 e. The van der Waals surface area contributed by atoms with Crippen molar-refractivity contribution in [2.45, 2.75) is 5.41 Å². The lowest BCUT2D eigenvalue weighted by molar-refractivity contribution is -0.316. The number of carbonyl (C=O) groups is 3. The Morgan fingerprint density at radius 3 is 1.88 bits per heavy atom. The predicted molar refractivity (Wildman–Crippen MR) is 80.6 cm³/mol. The van der Waals surface area contributed by atoms with Crippen LogP contribution in [0.4, 0.5) is 0 Å². The molecule has 2 aromatic rings. The van der Waals surface area contributed by atoms with Gasteiger partial charge in [-0.3, -0.25) is 9.59 Å². The van der Waals surface area contributed by atoms with Crippen LogP contribution < -0.4 is 5.11 Å². The molecule has 0 aliphatic heterocycles. The molecule has 0 bridgehead atoms. The van der Waals surface area contributed by atoms with Crippen LogP contribution in [-0.4, -0.2) is 41.0 Å². The van der Waals surface area contributed by atoms with Gasteiger partial charge in [0, 0.05) is 22.3 Å². The monoisotopic (exact) mass is 325 g/mol. The zero-order chi connectivity index (χ0) is 17.5. The first kappa shape index (κ1) is 16.0. The molecule has 0 spiro atoms. The number of carboxylic acids is 1. The first-order valence-electron chi connectivity index (χ1n) is 7.22. The van der Waals surface area contributed by atoms with E-state index >= 15 is 0 Å². The summed E-state index contributed by atoms with van der Waals surface area (Å²) in [7, 11) is 0. The largest absolute Gasteiger partial charge is 0.549 e. The summed E-state index contributed by atoms with van der Waals surface area (Å²) in [6.45, 7) is -1.80. The third kappa shape index (κ3) is 2.08. The number of aliphatic carboxylic acids is 1. The Kier molecular flexibility index (Phi) is 3.79. The van der Waals surface area contributed by atoms with Crippen molar-refractivity contribution in [3.05, 3.63) is 70.3 Å². The smallest absolute Gasteiger partial charge is 0.194 e. The topological polar surface area (TPSA) is 115 Å². The molecule has 0 saturated heterocycles. The Labute approximate surface area is 137 Å². The van der Waals surface area contributed by atoms with E-state index in [9.17, 15) is 29.7 Å². The highest BCUT2D eigenvalue weighted by Gasteiger charge is 2.36. The average Bonchev–Trinajstić information content (AvgIpc) is 2.61. The molecule has 0 amide bonds. The highest BCUT2D eigenvalue weighted by Crippen LogP contribution is 2.31. The molecule has 0 saturated carbocycles. The summed E-state index contributed by atoms with van der Waals surface area (Å²) >= 11 is 0. The lowest BCUT2D eigenvalue weighted by atomic mass is 9.77. The van der Waals surface area contributed by atoms with Crippen LogP contribution in [0.2, 0.25) is 0 Å². The summed E-state index contributed by atoms with van der Waals surface area (Å²) in [5, 5.41) is 30.3. The van der Waals surface area contributed by atoms with Crippen molar-refractivity contribution in [2.75, 3.05) is 13.2 Å². The van der Waals surface area contributed by atoms with Gasteiger partial charge in [-0.2, -0.15) is 0 Å². The van der Waals surface area contributed by atoms with Crippen molar-refractivity contribution >= 4 is 17.5 Å². The molecule has 2 N–H and O–H groups in total. The number of hydrogen-bond donors (Lipinski definition) is 2. The number of carbonyl (C=O) groups excluding carboxylic acids is 3. The van der Waals surface area contributed by atoms with Crippen LogP contribution in [0, 0.1) is 0 Å². The van der Waals surface area contributed by atoms with Crippen molar-refractivity contribution in [1.82, 2.24) is 0 Å². The average molecular weight is 325 g/mol. The Bertz CT molecular complexity index is 864. The molecule has 0 heterocycles. The Balaban J connectivity index is 2.21. The number of aliphatic hydroxyl groups excluding tert-OH is 2. The lowest BCUT2D eigenvalue weighted by Gasteiger charge is -2.32. The van der Waals surface area contributed by atoms with Gasteiger partial charge in [-0.1, -0.05) is 30.3 Å². The van der Waals surface area contributed by atoms with E-state index in [4.69, 9.17) is 0 Å². The molecule has 3 rings (SSSR count). The molecule has 0 unspecified atom stereocenters. The fourth-order valence-corrected chi connectivity index (χ4v) is 2.88. The van der Waals surface area contributed by atoms with Crippen molar-refractivity contribution in [1.29, 1.82) is 0 Å². The van der Waals surface area contributed by atoms with Crippen molar-refractivity contribution in [3.8, 4) is 0 Å². The van der Waals surface area contributed by atoms with Gasteiger partial charge in [0.2, 0.25) is 0 Å². The van der Waals surface area contributed by atoms with E-state index in [-0.39, 0.29) is 28.0 Å². The van der Waals surface area contributed by atoms with Gasteiger partial charge in [-0.05, 0) is 17.7 Å². The van der Waals surface area contributed by atoms with Gasteiger partial charge in [-0.25, -0.2) is 0 Å². The molecule has 122 valence electrons. The van der Waals surface area contributed by atoms with Crippen LogP contribution in [0.15, 0.2) is 42.5 Å². The van der Waals surface area contributed by atoms with Gasteiger partial charge in [0.15, 0.2) is 11.6 Å². The van der Waals surface area contributed by atoms with Crippen LogP contribution in [0.5, 0.6) is 0 Å². The predicted octanol–water partition coefficient (Wildman–Crippen LogP) is -0.566. The maximum atomic E-state index is 12.6. The van der Waals surface area contributed by atoms with E-state index in [1.807, 2.05) is 0 Å². The molecule has 0 fully saturated rings. The second-order valence-electron chi connectivity index (χ2n) is 5.65. The number of aliphatic hydroxyl groups is 2. The summed E-state index contributed by atoms with van der Waals surface area (Å²) < 4.78 is 0. The van der Waals surface area contributed by atoms with Gasteiger partial charge < -0.3 is 20.1 Å². The third-order valence-electron chi connectivity index (χ3n) is 4.41. The number of benzene rings is 2. The second kappa shape index (κ2) is 5.67. The van der Waals surface area contributed by atoms with E-state index in [1.165, 1.54) is 24.3 Å². The summed E-state index contributed by atoms with van der Waals surface area (Å²) in [6.07, 6.45) is 0. The molecule has 0 radical (unpaired) electrons. The van der Waals surface area contributed by atoms with Gasteiger partial charge in [0.05, 0.1) is 24.6 Å². The fourth-order valence-electron chi connectivity index (χ4n) is 2.88. The number of hydrogen-bond acceptors (Lipinski definition) is 6. The fraction of sp³-hybridized carbons (Fsp3) is 0.167. The first-order valence-corrected chi connectivity index (χ1v) is 7.22. The minimum absolute atomic E-state index is 0.00628. The molecule has 0 atom stereocenters. The number of fused-ring (bicyclic) bond motifs is 2. The Morgan fingerprint density at radius 2 is 1.38 bits per heavy atom. The van der Waals surface area contributed by atoms with Crippen LogP contribution in [-0.2, 0) is 10.2 Å². The maximum absolute atomic E-state index is 12.6. The number of carboxylic acid groups (broad SMARTS) is 1. The van der Waals surface area contributed by atoms with Crippen LogP contribution in [0.1, 0.15) is 37.4 Å². The molecular weight excluding hydrogens is 312 g/mol. The van der Waals surface area contributed by atoms with E-state index in [1.54, 1.807) is 18.2 Å². The highest BCUT2D eigenvalue weighted by molar-refractivity contribution is 6.28. The van der Waals surface area contributed by atoms with E-state index in [2.05, 4.69) is 0 Å². The SMILES string of the molecule is O=C1c2ccccc2C(=O)c2cc(C(CO)(CO)C(=O)[O-])ccc21. The molecular formula is C18H13O6-. The standard InChI is InChI=1S/C18H14O6/c19-8-18(9-20,17(23)24)10-5-6-13-14(7-10)16(22)12-4-2-1-3-11(12)15(13)21/h1-7,19-20H,8-9H2,(H,23,24)/p-1. The van der Waals surface area contributed by atoms with Gasteiger partial charge in [-0.15, -0.1) is 0 Å². The second-order valence-corrected chi connectivity index (χ2v) is 5.65. The molecule has 1 aliphatic rings. The van der Waals surface area contributed by atoms with E-state index < -0.39 is 30.4 Å². The summed E-state index contributed by atoms with van der Waals surface area (Å²) in [4.78, 5) is 36.6. The Hall–Kier alpha value is -2.83. The van der Waals surface area contributed by atoms with Crippen molar-refractivity contribution in [2.24, 2.45) is 0 Å². The molecule has 24 heavy (non-hydrogen) atoms. The molecule has 2 aromatic carbocycles. The third-order valence-corrected chi connectivity index (χ3v) is 4.41. The summed E-state index contributed by atoms with van der Waals surface area (Å²) in [5.41, 5.74) is -1.31. The summed E-state index contributed by atoms with van der Waals surface area (Å²) in [5.74, 6) is -2.41. The van der Waals surface area contributed by atoms with Gasteiger partial charge in [0.25, 0.3) is 0 Å². The van der Waals surface area contributed by atoms with Gasteiger partial charge >= 0.3 is 0 Å².